The lowest BCUT2D eigenvalue weighted by Gasteiger charge is -2.36. The van der Waals surface area contributed by atoms with Crippen LogP contribution in [0.4, 0.5) is 5.95 Å². The standard InChI is InChI=1S/C15H27N5S/c1-18(2)12-8-10-19(11-9-12)14-16-17-15(21)20(14)13-6-4-3-5-7-13/h12-13H,3-11H2,1-2H3,(H,17,21). The summed E-state index contributed by atoms with van der Waals surface area (Å²) < 4.78 is 3.09. The zero-order valence-corrected chi connectivity index (χ0v) is 14.0. The van der Waals surface area contributed by atoms with Gasteiger partial charge in [-0.1, -0.05) is 19.3 Å². The van der Waals surface area contributed by atoms with Crippen LogP contribution in [0.25, 0.3) is 0 Å². The van der Waals surface area contributed by atoms with E-state index in [4.69, 9.17) is 12.2 Å². The topological polar surface area (TPSA) is 40.1 Å². The van der Waals surface area contributed by atoms with Gasteiger partial charge in [-0.15, -0.1) is 5.10 Å². The van der Waals surface area contributed by atoms with Crippen LogP contribution in [-0.4, -0.2) is 52.9 Å². The Bertz CT molecular complexity index is 506. The van der Waals surface area contributed by atoms with Gasteiger partial charge in [-0.3, -0.25) is 4.57 Å². The van der Waals surface area contributed by atoms with Crippen LogP contribution in [0.5, 0.6) is 0 Å². The van der Waals surface area contributed by atoms with Crippen LogP contribution in [0.3, 0.4) is 0 Å². The van der Waals surface area contributed by atoms with E-state index < -0.39 is 0 Å². The number of nitrogens with one attached hydrogen (secondary N) is 1. The molecule has 0 spiro atoms. The first-order chi connectivity index (χ1) is 10.2. The molecular formula is C15H27N5S. The number of anilines is 1. The van der Waals surface area contributed by atoms with E-state index in [-0.39, 0.29) is 0 Å². The van der Waals surface area contributed by atoms with Gasteiger partial charge < -0.3 is 9.80 Å². The highest BCUT2D eigenvalue weighted by atomic mass is 32.1. The molecule has 2 heterocycles. The summed E-state index contributed by atoms with van der Waals surface area (Å²) in [7, 11) is 4.36. The minimum Gasteiger partial charge on any atom is -0.341 e. The van der Waals surface area contributed by atoms with E-state index >= 15 is 0 Å². The molecule has 1 aliphatic heterocycles. The third-order valence-electron chi connectivity index (χ3n) is 5.10. The molecule has 1 N–H and O–H groups in total. The summed E-state index contributed by atoms with van der Waals surface area (Å²) in [5.41, 5.74) is 0. The van der Waals surface area contributed by atoms with Crippen molar-refractivity contribution in [1.82, 2.24) is 19.7 Å². The molecular weight excluding hydrogens is 282 g/mol. The number of aromatic nitrogens is 3. The number of nitrogens with zero attached hydrogens (tertiary/aromatic N) is 4. The fourth-order valence-corrected chi connectivity index (χ4v) is 4.05. The van der Waals surface area contributed by atoms with Gasteiger partial charge in [-0.05, 0) is 52.0 Å². The number of rotatable bonds is 3. The van der Waals surface area contributed by atoms with Crippen molar-refractivity contribution >= 4 is 18.2 Å². The summed E-state index contributed by atoms with van der Waals surface area (Å²) >= 11 is 5.50. The predicted molar refractivity (Wildman–Crippen MR) is 88.5 cm³/mol. The molecule has 0 atom stereocenters. The summed E-state index contributed by atoms with van der Waals surface area (Å²) in [5.74, 6) is 1.07. The Labute approximate surface area is 132 Å². The highest BCUT2D eigenvalue weighted by molar-refractivity contribution is 7.71. The highest BCUT2D eigenvalue weighted by Gasteiger charge is 2.26. The Kier molecular flexibility index (Phi) is 4.64. The van der Waals surface area contributed by atoms with Crippen LogP contribution < -0.4 is 4.90 Å². The Hall–Kier alpha value is -0.880. The van der Waals surface area contributed by atoms with E-state index in [0.717, 1.165) is 23.8 Å². The highest BCUT2D eigenvalue weighted by Crippen LogP contribution is 2.32. The Balaban J connectivity index is 1.76. The second-order valence-electron chi connectivity index (χ2n) is 6.67. The Morgan fingerprint density at radius 2 is 1.76 bits per heavy atom. The Morgan fingerprint density at radius 1 is 1.10 bits per heavy atom. The Morgan fingerprint density at radius 3 is 2.38 bits per heavy atom. The van der Waals surface area contributed by atoms with Gasteiger partial charge in [0, 0.05) is 25.2 Å². The molecule has 0 aromatic carbocycles. The molecule has 1 aromatic rings. The lowest BCUT2D eigenvalue weighted by Crippen LogP contribution is -2.43. The second-order valence-corrected chi connectivity index (χ2v) is 7.06. The molecule has 1 aliphatic carbocycles. The number of hydrogen-bond donors (Lipinski definition) is 1. The minimum atomic E-state index is 0.548. The van der Waals surface area contributed by atoms with Crippen molar-refractivity contribution in [3.63, 3.8) is 0 Å². The number of aromatic amines is 1. The van der Waals surface area contributed by atoms with Crippen LogP contribution in [0, 0.1) is 4.77 Å². The van der Waals surface area contributed by atoms with Crippen molar-refractivity contribution in [3.8, 4) is 0 Å². The van der Waals surface area contributed by atoms with Gasteiger partial charge in [0.2, 0.25) is 5.95 Å². The fourth-order valence-electron chi connectivity index (χ4n) is 3.77. The monoisotopic (exact) mass is 309 g/mol. The molecule has 21 heavy (non-hydrogen) atoms. The van der Waals surface area contributed by atoms with Gasteiger partial charge in [0.25, 0.3) is 0 Å². The number of hydrogen-bond acceptors (Lipinski definition) is 4. The van der Waals surface area contributed by atoms with E-state index in [1.807, 2.05) is 0 Å². The van der Waals surface area contributed by atoms with Crippen molar-refractivity contribution in [1.29, 1.82) is 0 Å². The van der Waals surface area contributed by atoms with Gasteiger partial charge in [0.1, 0.15) is 0 Å². The van der Waals surface area contributed by atoms with Gasteiger partial charge in [0.15, 0.2) is 4.77 Å². The molecule has 2 fully saturated rings. The lowest BCUT2D eigenvalue weighted by atomic mass is 9.95. The molecule has 118 valence electrons. The maximum atomic E-state index is 5.50. The van der Waals surface area contributed by atoms with E-state index in [1.165, 1.54) is 44.9 Å². The summed E-state index contributed by atoms with van der Waals surface area (Å²) in [4.78, 5) is 4.76. The molecule has 5 nitrogen and oxygen atoms in total. The van der Waals surface area contributed by atoms with E-state index in [1.54, 1.807) is 0 Å². The molecule has 6 heteroatoms. The summed E-state index contributed by atoms with van der Waals surface area (Å²) in [6, 6.07) is 1.25. The number of piperidine rings is 1. The number of H-pyrrole nitrogens is 1. The summed E-state index contributed by atoms with van der Waals surface area (Å²) in [5, 5.41) is 7.57. The zero-order chi connectivity index (χ0) is 14.8. The first-order valence-corrected chi connectivity index (χ1v) is 8.66. The molecule has 0 bridgehead atoms. The largest absolute Gasteiger partial charge is 0.341 e. The first kappa shape index (κ1) is 15.0. The van der Waals surface area contributed by atoms with E-state index in [0.29, 0.717) is 12.1 Å². The smallest absolute Gasteiger partial charge is 0.225 e. The normalized spacial score (nSPS) is 22.1. The van der Waals surface area contributed by atoms with Gasteiger partial charge >= 0.3 is 0 Å². The molecule has 1 saturated heterocycles. The van der Waals surface area contributed by atoms with Crippen LogP contribution in [-0.2, 0) is 0 Å². The fraction of sp³-hybridized carbons (Fsp3) is 0.867. The molecule has 0 radical (unpaired) electrons. The first-order valence-electron chi connectivity index (χ1n) is 8.25. The third-order valence-corrected chi connectivity index (χ3v) is 5.39. The molecule has 3 rings (SSSR count). The van der Waals surface area contributed by atoms with Gasteiger partial charge in [-0.25, -0.2) is 5.10 Å². The van der Waals surface area contributed by atoms with E-state index in [2.05, 4.69) is 38.7 Å². The third kappa shape index (κ3) is 3.16. The van der Waals surface area contributed by atoms with Crippen molar-refractivity contribution in [2.45, 2.75) is 57.0 Å². The SMILES string of the molecule is CN(C)C1CCN(c2n[nH]c(=S)n2C2CCCCC2)CC1. The van der Waals surface area contributed by atoms with Crippen LogP contribution >= 0.6 is 12.2 Å². The quantitative estimate of drug-likeness (QED) is 0.872. The van der Waals surface area contributed by atoms with Gasteiger partial charge in [0.05, 0.1) is 0 Å². The van der Waals surface area contributed by atoms with Crippen molar-refractivity contribution in [2.75, 3.05) is 32.1 Å². The summed E-state index contributed by atoms with van der Waals surface area (Å²) in [6.07, 6.45) is 8.91. The van der Waals surface area contributed by atoms with Gasteiger partial charge in [-0.2, -0.15) is 0 Å². The molecule has 2 aliphatic rings. The van der Waals surface area contributed by atoms with Crippen LogP contribution in [0.1, 0.15) is 51.0 Å². The minimum absolute atomic E-state index is 0.548. The summed E-state index contributed by atoms with van der Waals surface area (Å²) in [6.45, 7) is 2.16. The van der Waals surface area contributed by atoms with E-state index in [9.17, 15) is 0 Å². The molecule has 1 aromatic heterocycles. The maximum Gasteiger partial charge on any atom is 0.225 e. The molecule has 0 amide bonds. The van der Waals surface area contributed by atoms with Crippen molar-refractivity contribution in [3.05, 3.63) is 4.77 Å². The lowest BCUT2D eigenvalue weighted by molar-refractivity contribution is 0.247. The molecule has 0 unspecified atom stereocenters. The second kappa shape index (κ2) is 6.48. The predicted octanol–water partition coefficient (Wildman–Crippen LogP) is 2.98. The maximum absolute atomic E-state index is 5.50. The van der Waals surface area contributed by atoms with Crippen LogP contribution in [0.15, 0.2) is 0 Å². The molecule has 1 saturated carbocycles. The average Bonchev–Trinajstić information content (AvgIpc) is 2.90. The van der Waals surface area contributed by atoms with Crippen molar-refractivity contribution < 1.29 is 0 Å². The van der Waals surface area contributed by atoms with Crippen LogP contribution in [0.2, 0.25) is 0 Å². The average molecular weight is 309 g/mol. The van der Waals surface area contributed by atoms with Crippen molar-refractivity contribution in [2.24, 2.45) is 0 Å². The zero-order valence-electron chi connectivity index (χ0n) is 13.2.